The largest absolute Gasteiger partial charge is 0.497 e. The standard InChI is InChI=1S/C19H21N7O3.C10H11NO2/c1-25-6-4-11(5-7-25)26(12-9-20-21-10-12)16-3-2-14-13(22-16)8-15(29-14)17-18(27)24-19(28)23-17;1-11-6-7-3-4-8(13-2)5-9(7)10(11)12/h2-3,8-11,17H,4-7H2,1H3,(H,20,21)(H2,23,24,27,28);3-5H,6H2,1-2H3. The third kappa shape index (κ3) is 5.26. The summed E-state index contributed by atoms with van der Waals surface area (Å²) in [6.07, 6.45) is 5.70. The highest BCUT2D eigenvalue weighted by Crippen LogP contribution is 2.33. The summed E-state index contributed by atoms with van der Waals surface area (Å²) in [4.78, 5) is 45.9. The number of fused-ring (bicyclic) bond motifs is 2. The molecule has 0 bridgehead atoms. The summed E-state index contributed by atoms with van der Waals surface area (Å²) in [7, 11) is 5.54. The van der Waals surface area contributed by atoms with Gasteiger partial charge in [0.25, 0.3) is 11.8 Å². The number of hydrogen-bond donors (Lipinski definition) is 3. The number of aromatic nitrogens is 3. The van der Waals surface area contributed by atoms with E-state index in [0.717, 1.165) is 54.3 Å². The molecule has 2 saturated heterocycles. The van der Waals surface area contributed by atoms with E-state index in [1.807, 2.05) is 30.5 Å². The van der Waals surface area contributed by atoms with Crippen molar-refractivity contribution in [2.24, 2.45) is 0 Å². The smallest absolute Gasteiger partial charge is 0.322 e. The number of imide groups is 1. The Morgan fingerprint density at radius 2 is 1.88 bits per heavy atom. The molecule has 3 aliphatic rings. The first-order valence-corrected chi connectivity index (χ1v) is 13.7. The number of benzene rings is 1. The van der Waals surface area contributed by atoms with Crippen LogP contribution in [0.2, 0.25) is 0 Å². The molecule has 0 aliphatic carbocycles. The van der Waals surface area contributed by atoms with Crippen LogP contribution in [0.3, 0.4) is 0 Å². The van der Waals surface area contributed by atoms with Crippen molar-refractivity contribution in [1.29, 1.82) is 0 Å². The Morgan fingerprint density at radius 3 is 2.57 bits per heavy atom. The van der Waals surface area contributed by atoms with Gasteiger partial charge >= 0.3 is 6.03 Å². The van der Waals surface area contributed by atoms with E-state index in [-0.39, 0.29) is 5.91 Å². The second-order valence-electron chi connectivity index (χ2n) is 10.6. The minimum Gasteiger partial charge on any atom is -0.497 e. The topological polar surface area (TPSA) is 149 Å². The molecule has 1 aromatic carbocycles. The van der Waals surface area contributed by atoms with Gasteiger partial charge in [-0.05, 0) is 62.8 Å². The van der Waals surface area contributed by atoms with Crippen molar-refractivity contribution in [2.75, 3.05) is 39.2 Å². The van der Waals surface area contributed by atoms with Crippen molar-refractivity contribution in [3.05, 3.63) is 65.7 Å². The molecule has 0 radical (unpaired) electrons. The van der Waals surface area contributed by atoms with E-state index in [1.54, 1.807) is 37.4 Å². The third-order valence-corrected chi connectivity index (χ3v) is 7.80. The fourth-order valence-electron chi connectivity index (χ4n) is 5.54. The average Bonchev–Trinajstić information content (AvgIpc) is 3.78. The summed E-state index contributed by atoms with van der Waals surface area (Å²) in [5, 5.41) is 11.7. The monoisotopic (exact) mass is 572 g/mol. The summed E-state index contributed by atoms with van der Waals surface area (Å²) in [5.74, 6) is 1.54. The Kier molecular flexibility index (Phi) is 7.25. The summed E-state index contributed by atoms with van der Waals surface area (Å²) in [5.41, 5.74) is 3.99. The number of ether oxygens (including phenoxy) is 1. The lowest BCUT2D eigenvalue weighted by Crippen LogP contribution is -2.41. The summed E-state index contributed by atoms with van der Waals surface area (Å²) in [6, 6.07) is 10.0. The first kappa shape index (κ1) is 27.3. The maximum atomic E-state index is 11.9. The number of carbonyl (C=O) groups excluding carboxylic acids is 3. The van der Waals surface area contributed by atoms with Crippen LogP contribution < -0.4 is 20.3 Å². The number of aromatic amines is 1. The fraction of sp³-hybridized carbons (Fsp3) is 0.345. The molecule has 42 heavy (non-hydrogen) atoms. The zero-order valence-corrected chi connectivity index (χ0v) is 23.6. The van der Waals surface area contributed by atoms with Gasteiger partial charge in [0.15, 0.2) is 11.6 Å². The van der Waals surface area contributed by atoms with Gasteiger partial charge in [-0.25, -0.2) is 9.78 Å². The molecule has 1 unspecified atom stereocenters. The van der Waals surface area contributed by atoms with E-state index in [4.69, 9.17) is 14.1 Å². The van der Waals surface area contributed by atoms with E-state index < -0.39 is 18.0 Å². The molecular weight excluding hydrogens is 540 g/mol. The summed E-state index contributed by atoms with van der Waals surface area (Å²) in [6.45, 7) is 2.75. The molecule has 218 valence electrons. The Balaban J connectivity index is 0.000000203. The van der Waals surface area contributed by atoms with Crippen molar-refractivity contribution < 1.29 is 23.5 Å². The van der Waals surface area contributed by atoms with Crippen LogP contribution in [-0.4, -0.2) is 83.2 Å². The minimum atomic E-state index is -0.834. The average molecular weight is 573 g/mol. The number of pyridine rings is 1. The molecule has 13 nitrogen and oxygen atoms in total. The molecule has 6 heterocycles. The number of nitrogens with one attached hydrogen (secondary N) is 3. The van der Waals surface area contributed by atoms with Gasteiger partial charge in [-0.1, -0.05) is 6.07 Å². The number of anilines is 2. The number of hydrogen-bond acceptors (Lipinski definition) is 9. The number of amides is 4. The Bertz CT molecular complexity index is 1630. The second-order valence-corrected chi connectivity index (χ2v) is 10.6. The molecule has 0 saturated carbocycles. The second kappa shape index (κ2) is 11.2. The lowest BCUT2D eigenvalue weighted by Gasteiger charge is -2.37. The number of likely N-dealkylation sites (tertiary alicyclic amines) is 1. The van der Waals surface area contributed by atoms with Crippen molar-refractivity contribution in [2.45, 2.75) is 31.5 Å². The van der Waals surface area contributed by atoms with Crippen molar-refractivity contribution >= 4 is 40.5 Å². The third-order valence-electron chi connectivity index (χ3n) is 7.80. The van der Waals surface area contributed by atoms with E-state index in [0.29, 0.717) is 29.4 Å². The van der Waals surface area contributed by atoms with Gasteiger partial charge in [0.2, 0.25) is 0 Å². The number of piperidine rings is 1. The van der Waals surface area contributed by atoms with E-state index in [2.05, 4.69) is 37.7 Å². The van der Waals surface area contributed by atoms with Gasteiger partial charge in [0, 0.05) is 37.5 Å². The number of methoxy groups -OCH3 is 1. The van der Waals surface area contributed by atoms with Crippen molar-refractivity contribution in [3.63, 3.8) is 0 Å². The Morgan fingerprint density at radius 1 is 1.07 bits per heavy atom. The molecule has 7 rings (SSSR count). The Labute approximate surface area is 241 Å². The highest BCUT2D eigenvalue weighted by atomic mass is 16.5. The number of furan rings is 1. The molecule has 3 N–H and O–H groups in total. The molecule has 13 heteroatoms. The van der Waals surface area contributed by atoms with Crippen molar-refractivity contribution in [1.82, 2.24) is 35.6 Å². The molecule has 3 aromatic heterocycles. The predicted molar refractivity (Wildman–Crippen MR) is 153 cm³/mol. The number of nitrogens with zero attached hydrogens (tertiary/aromatic N) is 5. The molecule has 4 amide bonds. The van der Waals surface area contributed by atoms with Gasteiger partial charge in [0.1, 0.15) is 22.8 Å². The van der Waals surface area contributed by atoms with Crippen LogP contribution in [0.5, 0.6) is 5.75 Å². The zero-order chi connectivity index (χ0) is 29.4. The fourth-order valence-corrected chi connectivity index (χ4v) is 5.54. The van der Waals surface area contributed by atoms with Crippen LogP contribution in [0.25, 0.3) is 11.1 Å². The van der Waals surface area contributed by atoms with Gasteiger partial charge in [-0.15, -0.1) is 0 Å². The number of urea groups is 1. The molecule has 0 spiro atoms. The zero-order valence-electron chi connectivity index (χ0n) is 23.6. The van der Waals surface area contributed by atoms with Gasteiger partial charge < -0.3 is 29.2 Å². The molecule has 2 fully saturated rings. The lowest BCUT2D eigenvalue weighted by molar-refractivity contribution is -0.120. The maximum absolute atomic E-state index is 11.9. The van der Waals surface area contributed by atoms with E-state index in [9.17, 15) is 14.4 Å². The first-order chi connectivity index (χ1) is 20.3. The highest BCUT2D eigenvalue weighted by molar-refractivity contribution is 6.04. The number of H-pyrrole nitrogens is 1. The van der Waals surface area contributed by atoms with Gasteiger partial charge in [0.05, 0.1) is 19.0 Å². The van der Waals surface area contributed by atoms with Crippen LogP contribution in [0, 0.1) is 0 Å². The quantitative estimate of drug-likeness (QED) is 0.307. The number of rotatable bonds is 5. The van der Waals surface area contributed by atoms with Crippen LogP contribution in [-0.2, 0) is 11.3 Å². The highest BCUT2D eigenvalue weighted by Gasteiger charge is 2.34. The molecular formula is C29H32N8O5. The van der Waals surface area contributed by atoms with Crippen molar-refractivity contribution in [3.8, 4) is 5.75 Å². The normalized spacial score (nSPS) is 18.9. The van der Waals surface area contributed by atoms with Gasteiger partial charge in [-0.3, -0.25) is 20.0 Å². The molecule has 3 aliphatic heterocycles. The van der Waals surface area contributed by atoms with Crippen LogP contribution in [0.1, 0.15) is 40.6 Å². The Hall–Kier alpha value is -4.91. The van der Waals surface area contributed by atoms with Crippen LogP contribution in [0.4, 0.5) is 16.3 Å². The predicted octanol–water partition coefficient (Wildman–Crippen LogP) is 2.94. The lowest BCUT2D eigenvalue weighted by atomic mass is 10.0. The first-order valence-electron chi connectivity index (χ1n) is 13.7. The summed E-state index contributed by atoms with van der Waals surface area (Å²) >= 11 is 0. The maximum Gasteiger partial charge on any atom is 0.322 e. The van der Waals surface area contributed by atoms with E-state index in [1.165, 1.54) is 0 Å². The van der Waals surface area contributed by atoms with E-state index >= 15 is 0 Å². The van der Waals surface area contributed by atoms with Crippen LogP contribution >= 0.6 is 0 Å². The number of carbonyl (C=O) groups is 3. The molecule has 4 aromatic rings. The van der Waals surface area contributed by atoms with Gasteiger partial charge in [-0.2, -0.15) is 5.10 Å². The SMILES string of the molecule is CN1CCC(N(c2cn[nH]c2)c2ccc3oc(C4NC(=O)NC4=O)cc3n2)CC1.COc1ccc2c(c1)C(=O)N(C)C2. The molecule has 1 atom stereocenters. The van der Waals surface area contributed by atoms with Crippen LogP contribution in [0.15, 0.2) is 53.2 Å². The minimum absolute atomic E-state index is 0.0777. The summed E-state index contributed by atoms with van der Waals surface area (Å²) < 4.78 is 10.8.